The Morgan fingerprint density at radius 1 is 0.567 bits per heavy atom. The summed E-state index contributed by atoms with van der Waals surface area (Å²) in [5.41, 5.74) is 4.21. The first kappa shape index (κ1) is 45.3. The number of ether oxygens (including phenoxy) is 1. The third kappa shape index (κ3) is 9.16. The Morgan fingerprint density at radius 3 is 1.78 bits per heavy atom. The first-order valence-electron chi connectivity index (χ1n) is 22.2. The van der Waals surface area contributed by atoms with Gasteiger partial charge in [-0.15, -0.1) is 0 Å². The Kier molecular flexibility index (Phi) is 11.3. The number of hydrogen-bond donors (Lipinski definition) is 0. The average molecular weight is 909 g/mol. The first-order valence-corrected chi connectivity index (χ1v) is 22.2. The van der Waals surface area contributed by atoms with Crippen molar-refractivity contribution in [3.8, 4) is 17.2 Å². The summed E-state index contributed by atoms with van der Waals surface area (Å²) < 4.78 is 95.7. The van der Waals surface area contributed by atoms with Gasteiger partial charge in [-0.05, 0) is 118 Å². The second-order valence-corrected chi connectivity index (χ2v) is 19.5. The first-order chi connectivity index (χ1) is 31.6. The molecule has 67 heavy (non-hydrogen) atoms. The number of alkyl halides is 6. The number of aryl methyl sites for hydroxylation is 1. The Morgan fingerprint density at radius 2 is 1.18 bits per heavy atom. The Labute approximate surface area is 386 Å². The molecule has 3 heterocycles. The van der Waals surface area contributed by atoms with Crippen LogP contribution in [0.25, 0.3) is 27.6 Å². The molecular formula is C56H50F6N4O. The number of nitrogens with zero attached hydrogens (tertiary/aromatic N) is 4. The van der Waals surface area contributed by atoms with E-state index >= 15 is 0 Å². The Hall–Kier alpha value is -6.88. The van der Waals surface area contributed by atoms with Crippen LogP contribution < -0.4 is 9.64 Å². The van der Waals surface area contributed by atoms with Gasteiger partial charge in [-0.1, -0.05) is 108 Å². The largest absolute Gasteiger partial charge is 0.457 e. The lowest BCUT2D eigenvalue weighted by molar-refractivity contribution is -0.143. The van der Waals surface area contributed by atoms with Gasteiger partial charge in [0.15, 0.2) is 0 Å². The van der Waals surface area contributed by atoms with Gasteiger partial charge < -0.3 is 9.64 Å². The predicted molar refractivity (Wildman–Crippen MR) is 256 cm³/mol. The topological polar surface area (TPSA) is 42.6 Å². The summed E-state index contributed by atoms with van der Waals surface area (Å²) in [7, 11) is 0. The molecule has 0 N–H and O–H groups in total. The van der Waals surface area contributed by atoms with E-state index < -0.39 is 40.9 Å². The molecular weight excluding hydrogens is 859 g/mol. The maximum absolute atomic E-state index is 14.5. The molecule has 0 radical (unpaired) electrons. The zero-order valence-electron chi connectivity index (χ0n) is 38.3. The van der Waals surface area contributed by atoms with E-state index in [1.165, 1.54) is 10.5 Å². The molecule has 1 aliphatic rings. The van der Waals surface area contributed by atoms with Crippen molar-refractivity contribution in [2.24, 2.45) is 4.99 Å². The molecule has 342 valence electrons. The number of aromatic nitrogens is 2. The summed E-state index contributed by atoms with van der Waals surface area (Å²) in [4.78, 5) is 11.6. The number of anilines is 1. The van der Waals surface area contributed by atoms with E-state index in [1.54, 1.807) is 12.3 Å². The minimum atomic E-state index is -5.05. The van der Waals surface area contributed by atoms with Crippen molar-refractivity contribution in [1.82, 2.24) is 9.55 Å². The monoisotopic (exact) mass is 908 g/mol. The van der Waals surface area contributed by atoms with Crippen LogP contribution in [0.15, 0.2) is 157 Å². The molecule has 0 fully saturated rings. The molecule has 9 rings (SSSR count). The van der Waals surface area contributed by atoms with Crippen LogP contribution >= 0.6 is 0 Å². The van der Waals surface area contributed by atoms with Gasteiger partial charge in [-0.25, -0.2) is 4.98 Å². The van der Waals surface area contributed by atoms with Crippen LogP contribution in [-0.2, 0) is 23.2 Å². The van der Waals surface area contributed by atoms with E-state index in [-0.39, 0.29) is 29.5 Å². The van der Waals surface area contributed by atoms with Crippen LogP contribution in [0.3, 0.4) is 0 Å². The molecule has 0 saturated heterocycles. The quantitative estimate of drug-likeness (QED) is 0.143. The highest BCUT2D eigenvalue weighted by Gasteiger charge is 2.40. The lowest BCUT2D eigenvalue weighted by atomic mass is 9.85. The second-order valence-electron chi connectivity index (χ2n) is 19.5. The second kappa shape index (κ2) is 16.8. The van der Waals surface area contributed by atoms with Gasteiger partial charge >= 0.3 is 12.4 Å². The van der Waals surface area contributed by atoms with Gasteiger partial charge in [0.25, 0.3) is 0 Å². The van der Waals surface area contributed by atoms with Gasteiger partial charge in [-0.3, -0.25) is 9.56 Å². The lowest BCUT2D eigenvalue weighted by Gasteiger charge is -2.27. The number of halogens is 6. The fraction of sp³-hybridized carbons (Fsp3) is 0.250. The third-order valence-electron chi connectivity index (χ3n) is 12.5. The summed E-state index contributed by atoms with van der Waals surface area (Å²) in [6.07, 6.45) is -8.32. The highest BCUT2D eigenvalue weighted by atomic mass is 19.4. The van der Waals surface area contributed by atoms with Gasteiger partial charge in [0.05, 0.1) is 28.4 Å². The van der Waals surface area contributed by atoms with Crippen LogP contribution in [0.5, 0.6) is 11.5 Å². The van der Waals surface area contributed by atoms with E-state index in [2.05, 4.69) is 55.7 Å². The molecule has 0 amide bonds. The molecule has 0 aliphatic carbocycles. The number of pyridine rings is 1. The summed E-state index contributed by atoms with van der Waals surface area (Å²) in [5, 5.41) is 2.09. The molecule has 2 aromatic heterocycles. The summed E-state index contributed by atoms with van der Waals surface area (Å²) in [5.74, 6) is 0.773. The van der Waals surface area contributed by atoms with Crippen molar-refractivity contribution in [1.29, 1.82) is 0 Å². The number of benzene rings is 6. The van der Waals surface area contributed by atoms with Gasteiger partial charge in [0.2, 0.25) is 0 Å². The average Bonchev–Trinajstić information content (AvgIpc) is 3.85. The van der Waals surface area contributed by atoms with Gasteiger partial charge in [0, 0.05) is 46.7 Å². The molecule has 0 spiro atoms. The zero-order valence-corrected chi connectivity index (χ0v) is 38.3. The number of fused-ring (bicyclic) bond motifs is 3. The van der Waals surface area contributed by atoms with E-state index in [1.807, 2.05) is 119 Å². The summed E-state index contributed by atoms with van der Waals surface area (Å²) >= 11 is 0. The number of amidine groups is 1. The van der Waals surface area contributed by atoms with Crippen molar-refractivity contribution in [3.05, 3.63) is 196 Å². The molecule has 1 aliphatic heterocycles. The number of hydrogen-bond acceptors (Lipinski definition) is 4. The van der Waals surface area contributed by atoms with Crippen LogP contribution in [0.2, 0.25) is 0 Å². The fourth-order valence-electron chi connectivity index (χ4n) is 9.08. The lowest BCUT2D eigenvalue weighted by Crippen LogP contribution is -2.32. The fourth-order valence-corrected chi connectivity index (χ4v) is 9.08. The van der Waals surface area contributed by atoms with Crippen molar-refractivity contribution in [2.75, 3.05) is 11.4 Å². The minimum absolute atomic E-state index is 0.0103. The highest BCUT2D eigenvalue weighted by molar-refractivity contribution is 6.12. The van der Waals surface area contributed by atoms with E-state index in [9.17, 15) is 26.3 Å². The van der Waals surface area contributed by atoms with Crippen LogP contribution in [-0.4, -0.2) is 28.0 Å². The smallest absolute Gasteiger partial charge is 0.416 e. The van der Waals surface area contributed by atoms with Crippen LogP contribution in [0.4, 0.5) is 32.0 Å². The Balaban J connectivity index is 1.20. The van der Waals surface area contributed by atoms with Crippen molar-refractivity contribution in [2.45, 2.75) is 83.6 Å². The predicted octanol–water partition coefficient (Wildman–Crippen LogP) is 15.4. The van der Waals surface area contributed by atoms with Crippen molar-refractivity contribution >= 4 is 33.5 Å². The molecule has 6 aromatic carbocycles. The standard InChI is InChI=1S/C56H50F6N4O/c1-34-23-43(66-49-21-20-38(53(2,3)4)31-47(49)46-19-14-22-63-52(46)66)32-44(24-34)67-45-26-37(25-39(30-45)54(5,6)7)51-64-48(50(35-15-10-8-11-16-35)36-17-12-9-13-18-36)33-65(51)42-28-40(55(57,58)59)27-41(29-42)56(60,61)62/h8-32,48,50H,33H2,1-7H3/t48-/m0/s1. The molecule has 5 nitrogen and oxygen atoms in total. The number of aliphatic imine (C=N–C) groups is 1. The van der Waals surface area contributed by atoms with E-state index in [0.717, 1.165) is 62.0 Å². The van der Waals surface area contributed by atoms with Crippen LogP contribution in [0.1, 0.15) is 92.0 Å². The van der Waals surface area contributed by atoms with Gasteiger partial charge in [0.1, 0.15) is 23.0 Å². The third-order valence-corrected chi connectivity index (χ3v) is 12.5. The molecule has 0 unspecified atom stereocenters. The molecule has 8 aromatic rings. The highest BCUT2D eigenvalue weighted by Crippen LogP contribution is 2.43. The number of rotatable bonds is 8. The van der Waals surface area contributed by atoms with E-state index in [0.29, 0.717) is 17.1 Å². The SMILES string of the molecule is Cc1cc(Oc2cc(C3=N[C@H](C(c4ccccc4)c4ccccc4)CN3c3cc(C(F)(F)F)cc(C(F)(F)F)c3)cc(C(C)(C)C)c2)cc(-n2c3ccc(C(C)(C)C)cc3c3cccnc32)c1. The normalized spacial score (nSPS) is 14.9. The maximum atomic E-state index is 14.5. The van der Waals surface area contributed by atoms with Crippen molar-refractivity contribution in [3.63, 3.8) is 0 Å². The summed E-state index contributed by atoms with van der Waals surface area (Å²) in [6.45, 7) is 14.6. The van der Waals surface area contributed by atoms with Crippen molar-refractivity contribution < 1.29 is 31.1 Å². The molecule has 11 heteroatoms. The zero-order chi connectivity index (χ0) is 47.6. The maximum Gasteiger partial charge on any atom is 0.416 e. The van der Waals surface area contributed by atoms with Crippen LogP contribution in [0, 0.1) is 6.92 Å². The molecule has 1 atom stereocenters. The summed E-state index contributed by atoms with van der Waals surface area (Å²) in [6, 6.07) is 42.4. The van der Waals surface area contributed by atoms with Gasteiger partial charge in [-0.2, -0.15) is 26.3 Å². The molecule has 0 bridgehead atoms. The minimum Gasteiger partial charge on any atom is -0.457 e. The molecule has 0 saturated carbocycles. The Bertz CT molecular complexity index is 3090. The van der Waals surface area contributed by atoms with E-state index in [4.69, 9.17) is 14.7 Å².